The molecule has 2 aliphatic rings. The van der Waals surface area contributed by atoms with E-state index < -0.39 is 11.5 Å². The van der Waals surface area contributed by atoms with Crippen molar-refractivity contribution < 1.29 is 19.4 Å². The van der Waals surface area contributed by atoms with E-state index in [4.69, 9.17) is 9.47 Å². The van der Waals surface area contributed by atoms with Gasteiger partial charge in [0.25, 0.3) is 0 Å². The van der Waals surface area contributed by atoms with Crippen molar-refractivity contribution in [2.24, 2.45) is 0 Å². The van der Waals surface area contributed by atoms with Gasteiger partial charge in [-0.15, -0.1) is 0 Å². The third kappa shape index (κ3) is 4.10. The maximum absolute atomic E-state index is 12.6. The minimum absolute atomic E-state index is 0.272. The van der Waals surface area contributed by atoms with Crippen LogP contribution in [0.1, 0.15) is 42.4 Å². The van der Waals surface area contributed by atoms with Gasteiger partial charge < -0.3 is 19.9 Å². The minimum atomic E-state index is -1.03. The summed E-state index contributed by atoms with van der Waals surface area (Å²) in [6.45, 7) is 0. The zero-order valence-electron chi connectivity index (χ0n) is 19.8. The Morgan fingerprint density at radius 1 is 0.914 bits per heavy atom. The molecule has 3 aromatic rings. The molecule has 0 atom stereocenters. The molecule has 1 spiro atoms. The monoisotopic (exact) mass is 533 g/mol. The van der Waals surface area contributed by atoms with Crippen molar-refractivity contribution in [1.29, 1.82) is 0 Å². The Bertz CT molecular complexity index is 1290. The highest BCUT2D eigenvalue weighted by Crippen LogP contribution is 2.57. The van der Waals surface area contributed by atoms with Crippen LogP contribution in [0, 0.1) is 0 Å². The molecular weight excluding hydrogens is 506 g/mol. The summed E-state index contributed by atoms with van der Waals surface area (Å²) < 4.78 is 12.0. The van der Waals surface area contributed by atoms with Gasteiger partial charge in [-0.2, -0.15) is 0 Å². The molecule has 0 amide bonds. The standard InChI is InChI=1S/C29H28BrNO4/c1-34-23-14-20(15-24(18-23)35-2)26-16-19-6-3-4-9-25(19)28(26)10-12-29(13-11-28,27(32)33)31-22-8-5-7-21(30)17-22/h3-9,14-18,31H,10-13H2,1-2H3,(H,32,33). The summed E-state index contributed by atoms with van der Waals surface area (Å²) in [5.74, 6) is 0.656. The number of carboxylic acid groups (broad SMARTS) is 1. The number of allylic oxidation sites excluding steroid dienone is 1. The molecule has 0 aliphatic heterocycles. The largest absolute Gasteiger partial charge is 0.497 e. The molecule has 0 heterocycles. The highest BCUT2D eigenvalue weighted by molar-refractivity contribution is 9.10. The van der Waals surface area contributed by atoms with E-state index in [0.29, 0.717) is 25.7 Å². The van der Waals surface area contributed by atoms with Gasteiger partial charge >= 0.3 is 5.97 Å². The molecule has 0 radical (unpaired) electrons. The first-order chi connectivity index (χ1) is 16.9. The molecule has 2 aliphatic carbocycles. The van der Waals surface area contributed by atoms with Crippen LogP contribution in [-0.2, 0) is 10.2 Å². The SMILES string of the molecule is COc1cc(OC)cc(C2=Cc3ccccc3C23CCC(Nc2cccc(Br)c2)(C(=O)O)CC3)c1. The van der Waals surface area contributed by atoms with Crippen molar-refractivity contribution in [3.05, 3.63) is 87.9 Å². The number of benzene rings is 3. The number of hydrogen-bond donors (Lipinski definition) is 2. The highest BCUT2D eigenvalue weighted by atomic mass is 79.9. The fraction of sp³-hybridized carbons (Fsp3) is 0.276. The first-order valence-electron chi connectivity index (χ1n) is 11.7. The lowest BCUT2D eigenvalue weighted by molar-refractivity contribution is -0.143. The second-order valence-corrected chi connectivity index (χ2v) is 10.3. The van der Waals surface area contributed by atoms with Gasteiger partial charge in [0, 0.05) is 21.6 Å². The molecule has 5 rings (SSSR count). The fourth-order valence-corrected chi connectivity index (χ4v) is 6.10. The zero-order chi connectivity index (χ0) is 24.6. The van der Waals surface area contributed by atoms with Crippen LogP contribution in [0.5, 0.6) is 11.5 Å². The van der Waals surface area contributed by atoms with Crippen molar-refractivity contribution in [2.45, 2.75) is 36.6 Å². The van der Waals surface area contributed by atoms with Crippen LogP contribution in [0.3, 0.4) is 0 Å². The number of carbonyl (C=O) groups is 1. The molecule has 1 fully saturated rings. The van der Waals surface area contributed by atoms with Crippen LogP contribution >= 0.6 is 15.9 Å². The number of aliphatic carboxylic acids is 1. The number of fused-ring (bicyclic) bond motifs is 2. The number of rotatable bonds is 6. The summed E-state index contributed by atoms with van der Waals surface area (Å²) in [7, 11) is 3.31. The van der Waals surface area contributed by atoms with Crippen molar-refractivity contribution >= 4 is 39.2 Å². The molecule has 6 heteroatoms. The van der Waals surface area contributed by atoms with Crippen molar-refractivity contribution in [2.75, 3.05) is 19.5 Å². The third-order valence-corrected chi connectivity index (χ3v) is 8.02. The van der Waals surface area contributed by atoms with E-state index in [1.54, 1.807) is 14.2 Å². The van der Waals surface area contributed by atoms with E-state index in [1.807, 2.05) is 42.5 Å². The molecule has 2 N–H and O–H groups in total. The Morgan fingerprint density at radius 2 is 1.60 bits per heavy atom. The number of methoxy groups -OCH3 is 2. The van der Waals surface area contributed by atoms with Crippen LogP contribution < -0.4 is 14.8 Å². The average Bonchev–Trinajstić information content (AvgIpc) is 3.19. The van der Waals surface area contributed by atoms with Crippen molar-refractivity contribution in [3.8, 4) is 11.5 Å². The Morgan fingerprint density at radius 3 is 2.23 bits per heavy atom. The maximum atomic E-state index is 12.6. The topological polar surface area (TPSA) is 67.8 Å². The highest BCUT2D eigenvalue weighted by Gasteiger charge is 2.51. The quantitative estimate of drug-likeness (QED) is 0.366. The number of anilines is 1. The van der Waals surface area contributed by atoms with E-state index in [-0.39, 0.29) is 5.41 Å². The summed E-state index contributed by atoms with van der Waals surface area (Å²) in [5.41, 5.74) is 4.19. The van der Waals surface area contributed by atoms with Crippen LogP contribution in [0.2, 0.25) is 0 Å². The fourth-order valence-electron chi connectivity index (χ4n) is 5.70. The average molecular weight is 534 g/mol. The van der Waals surface area contributed by atoms with E-state index in [2.05, 4.69) is 51.6 Å². The van der Waals surface area contributed by atoms with E-state index in [1.165, 1.54) is 16.7 Å². The number of carboxylic acids is 1. The van der Waals surface area contributed by atoms with Gasteiger partial charge in [0.15, 0.2) is 0 Å². The van der Waals surface area contributed by atoms with Gasteiger partial charge in [0.05, 0.1) is 14.2 Å². The molecule has 0 unspecified atom stereocenters. The van der Waals surface area contributed by atoms with Gasteiger partial charge in [-0.25, -0.2) is 4.79 Å². The molecule has 1 saturated carbocycles. The summed E-state index contributed by atoms with van der Waals surface area (Å²) in [5, 5.41) is 13.7. The molecule has 35 heavy (non-hydrogen) atoms. The minimum Gasteiger partial charge on any atom is -0.497 e. The predicted octanol–water partition coefficient (Wildman–Crippen LogP) is 6.77. The Labute approximate surface area is 213 Å². The lowest BCUT2D eigenvalue weighted by Crippen LogP contribution is -2.52. The molecule has 0 saturated heterocycles. The van der Waals surface area contributed by atoms with Crippen LogP contribution in [0.4, 0.5) is 5.69 Å². The number of halogens is 1. The van der Waals surface area contributed by atoms with Gasteiger partial charge in [-0.3, -0.25) is 0 Å². The molecule has 3 aromatic carbocycles. The Balaban J connectivity index is 1.54. The summed E-state index contributed by atoms with van der Waals surface area (Å²) in [6.07, 6.45) is 4.67. The normalized spacial score (nSPS) is 22.9. The molecule has 5 nitrogen and oxygen atoms in total. The first kappa shape index (κ1) is 23.5. The second-order valence-electron chi connectivity index (χ2n) is 9.35. The summed E-state index contributed by atoms with van der Waals surface area (Å²) >= 11 is 3.49. The van der Waals surface area contributed by atoms with Crippen LogP contribution in [0.15, 0.2) is 71.2 Å². The molecular formula is C29H28BrNO4. The Hall–Kier alpha value is -3.25. The smallest absolute Gasteiger partial charge is 0.329 e. The Kier molecular flexibility index (Phi) is 6.09. The lowest BCUT2D eigenvalue weighted by Gasteiger charge is -2.45. The number of hydrogen-bond acceptors (Lipinski definition) is 4. The maximum Gasteiger partial charge on any atom is 0.329 e. The number of nitrogens with one attached hydrogen (secondary N) is 1. The van der Waals surface area contributed by atoms with Gasteiger partial charge in [0.1, 0.15) is 17.0 Å². The predicted molar refractivity (Wildman–Crippen MR) is 142 cm³/mol. The lowest BCUT2D eigenvalue weighted by atomic mass is 9.61. The van der Waals surface area contributed by atoms with Gasteiger partial charge in [0.2, 0.25) is 0 Å². The third-order valence-electron chi connectivity index (χ3n) is 7.53. The van der Waals surface area contributed by atoms with Crippen molar-refractivity contribution in [1.82, 2.24) is 0 Å². The van der Waals surface area contributed by atoms with Crippen molar-refractivity contribution in [3.63, 3.8) is 0 Å². The molecule has 0 aromatic heterocycles. The second kappa shape index (κ2) is 9.08. The zero-order valence-corrected chi connectivity index (χ0v) is 21.4. The van der Waals surface area contributed by atoms with E-state index in [9.17, 15) is 9.90 Å². The molecule has 180 valence electrons. The van der Waals surface area contributed by atoms with E-state index in [0.717, 1.165) is 27.2 Å². The summed E-state index contributed by atoms with van der Waals surface area (Å²) in [6, 6.07) is 22.1. The van der Waals surface area contributed by atoms with E-state index >= 15 is 0 Å². The van der Waals surface area contributed by atoms with Gasteiger partial charge in [-0.05, 0) is 84.4 Å². The van der Waals surface area contributed by atoms with Crippen LogP contribution in [-0.4, -0.2) is 30.8 Å². The molecule has 0 bridgehead atoms. The summed E-state index contributed by atoms with van der Waals surface area (Å²) in [4.78, 5) is 12.6. The number of ether oxygens (including phenoxy) is 2. The van der Waals surface area contributed by atoms with Crippen LogP contribution in [0.25, 0.3) is 11.6 Å². The first-order valence-corrected chi connectivity index (χ1v) is 12.5. The van der Waals surface area contributed by atoms with Gasteiger partial charge in [-0.1, -0.05) is 46.3 Å².